The number of ether oxygens (including phenoxy) is 2. The summed E-state index contributed by atoms with van der Waals surface area (Å²) in [6.45, 7) is 7.87. The molecule has 0 aliphatic carbocycles. The van der Waals surface area contributed by atoms with E-state index in [0.717, 1.165) is 49.3 Å². The Balaban J connectivity index is 1.99. The van der Waals surface area contributed by atoms with Gasteiger partial charge in [0.15, 0.2) is 11.5 Å². The Kier molecular flexibility index (Phi) is 6.80. The molecule has 5 heteroatoms. The van der Waals surface area contributed by atoms with Crippen molar-refractivity contribution in [3.05, 3.63) is 47.5 Å². The van der Waals surface area contributed by atoms with E-state index in [-0.39, 0.29) is 5.91 Å². The fraction of sp³-hybridized carbons (Fsp3) is 0.458. The third kappa shape index (κ3) is 4.73. The standard InChI is InChI=1S/C24H32N2O3/c1-17(2)20-9-7-19(24(27)26-12-6-11-25(3)13-14-26)15-21(20)18-8-10-22(28-4)23(16-18)29-5/h7-10,15-17H,6,11-14H2,1-5H3. The van der Waals surface area contributed by atoms with Crippen molar-refractivity contribution in [3.8, 4) is 22.6 Å². The Morgan fingerprint density at radius 1 is 0.931 bits per heavy atom. The van der Waals surface area contributed by atoms with Gasteiger partial charge in [-0.15, -0.1) is 0 Å². The molecule has 0 unspecified atom stereocenters. The summed E-state index contributed by atoms with van der Waals surface area (Å²) in [6, 6.07) is 12.0. The summed E-state index contributed by atoms with van der Waals surface area (Å²) in [5, 5.41) is 0. The molecule has 1 heterocycles. The highest BCUT2D eigenvalue weighted by molar-refractivity contribution is 5.96. The molecule has 156 valence electrons. The van der Waals surface area contributed by atoms with Gasteiger partial charge in [-0.2, -0.15) is 0 Å². The summed E-state index contributed by atoms with van der Waals surface area (Å²) in [7, 11) is 5.39. The van der Waals surface area contributed by atoms with Crippen molar-refractivity contribution in [2.75, 3.05) is 47.4 Å². The molecule has 0 radical (unpaired) electrons. The van der Waals surface area contributed by atoms with Crippen LogP contribution >= 0.6 is 0 Å². The first kappa shape index (κ1) is 21.2. The first-order chi connectivity index (χ1) is 13.9. The van der Waals surface area contributed by atoms with Gasteiger partial charge < -0.3 is 19.3 Å². The normalized spacial score (nSPS) is 15.3. The lowest BCUT2D eigenvalue weighted by Crippen LogP contribution is -2.34. The maximum Gasteiger partial charge on any atom is 0.253 e. The largest absolute Gasteiger partial charge is 0.493 e. The number of rotatable bonds is 5. The van der Waals surface area contributed by atoms with Gasteiger partial charge in [-0.25, -0.2) is 0 Å². The molecule has 29 heavy (non-hydrogen) atoms. The summed E-state index contributed by atoms with van der Waals surface area (Å²) in [5.41, 5.74) is 4.04. The van der Waals surface area contributed by atoms with Crippen LogP contribution in [-0.4, -0.2) is 63.2 Å². The van der Waals surface area contributed by atoms with Gasteiger partial charge in [0.05, 0.1) is 14.2 Å². The molecule has 5 nitrogen and oxygen atoms in total. The van der Waals surface area contributed by atoms with Crippen molar-refractivity contribution in [2.24, 2.45) is 0 Å². The molecule has 0 saturated carbocycles. The number of carbonyl (C=O) groups is 1. The van der Waals surface area contributed by atoms with E-state index in [2.05, 4.69) is 31.9 Å². The number of hydrogen-bond acceptors (Lipinski definition) is 4. The molecule has 1 amide bonds. The summed E-state index contributed by atoms with van der Waals surface area (Å²) >= 11 is 0. The zero-order valence-corrected chi connectivity index (χ0v) is 18.2. The van der Waals surface area contributed by atoms with Gasteiger partial charge in [0.25, 0.3) is 5.91 Å². The number of hydrogen-bond donors (Lipinski definition) is 0. The lowest BCUT2D eigenvalue weighted by atomic mass is 9.90. The first-order valence-corrected chi connectivity index (χ1v) is 10.3. The van der Waals surface area contributed by atoms with Gasteiger partial charge in [0.1, 0.15) is 0 Å². The second kappa shape index (κ2) is 9.31. The van der Waals surface area contributed by atoms with Gasteiger partial charge in [0, 0.05) is 25.2 Å². The zero-order valence-electron chi connectivity index (χ0n) is 18.2. The molecule has 0 atom stereocenters. The molecule has 3 rings (SSSR count). The summed E-state index contributed by atoms with van der Waals surface area (Å²) in [6.07, 6.45) is 1.01. The van der Waals surface area contributed by atoms with Gasteiger partial charge >= 0.3 is 0 Å². The third-order valence-electron chi connectivity index (χ3n) is 5.62. The fourth-order valence-electron chi connectivity index (χ4n) is 3.88. The van der Waals surface area contributed by atoms with E-state index >= 15 is 0 Å². The van der Waals surface area contributed by atoms with Crippen LogP contribution < -0.4 is 9.47 Å². The number of nitrogens with zero attached hydrogens (tertiary/aromatic N) is 2. The van der Waals surface area contributed by atoms with Gasteiger partial charge in [-0.1, -0.05) is 26.0 Å². The molecule has 2 aromatic rings. The quantitative estimate of drug-likeness (QED) is 0.757. The van der Waals surface area contributed by atoms with Crippen molar-refractivity contribution in [2.45, 2.75) is 26.2 Å². The van der Waals surface area contributed by atoms with Crippen LogP contribution in [-0.2, 0) is 0 Å². The van der Waals surface area contributed by atoms with Crippen molar-refractivity contribution in [1.29, 1.82) is 0 Å². The van der Waals surface area contributed by atoms with Crippen molar-refractivity contribution >= 4 is 5.91 Å². The number of likely N-dealkylation sites (N-methyl/N-ethyl adjacent to an activating group) is 1. The molecule has 0 N–H and O–H groups in total. The second-order valence-electron chi connectivity index (χ2n) is 7.98. The van der Waals surface area contributed by atoms with Crippen LogP contribution in [0.1, 0.15) is 42.1 Å². The average Bonchev–Trinajstić information content (AvgIpc) is 2.96. The van der Waals surface area contributed by atoms with E-state index in [1.165, 1.54) is 5.56 Å². The Hall–Kier alpha value is -2.53. The molecule has 0 spiro atoms. The maximum absolute atomic E-state index is 13.2. The van der Waals surface area contributed by atoms with Gasteiger partial charge in [-0.3, -0.25) is 4.79 Å². The van der Waals surface area contributed by atoms with E-state index in [0.29, 0.717) is 17.4 Å². The van der Waals surface area contributed by atoms with E-state index in [1.54, 1.807) is 14.2 Å². The maximum atomic E-state index is 13.2. The molecule has 1 aliphatic rings. The lowest BCUT2D eigenvalue weighted by molar-refractivity contribution is 0.0763. The second-order valence-corrected chi connectivity index (χ2v) is 7.98. The Bertz CT molecular complexity index is 863. The van der Waals surface area contributed by atoms with Crippen LogP contribution in [0.25, 0.3) is 11.1 Å². The van der Waals surface area contributed by atoms with Crippen molar-refractivity contribution < 1.29 is 14.3 Å². The molecule has 1 aliphatic heterocycles. The molecule has 0 bridgehead atoms. The number of amides is 1. The van der Waals surface area contributed by atoms with Gasteiger partial charge in [0.2, 0.25) is 0 Å². The van der Waals surface area contributed by atoms with E-state index in [9.17, 15) is 4.79 Å². The van der Waals surface area contributed by atoms with Crippen LogP contribution in [0, 0.1) is 0 Å². The van der Waals surface area contributed by atoms with E-state index < -0.39 is 0 Å². The third-order valence-corrected chi connectivity index (χ3v) is 5.62. The Morgan fingerprint density at radius 2 is 1.69 bits per heavy atom. The highest BCUT2D eigenvalue weighted by atomic mass is 16.5. The number of benzene rings is 2. The Labute approximate surface area is 174 Å². The molecule has 0 aromatic heterocycles. The predicted molar refractivity (Wildman–Crippen MR) is 117 cm³/mol. The monoisotopic (exact) mass is 396 g/mol. The van der Waals surface area contributed by atoms with Crippen LogP contribution in [0.2, 0.25) is 0 Å². The van der Waals surface area contributed by atoms with E-state index in [4.69, 9.17) is 9.47 Å². The van der Waals surface area contributed by atoms with Crippen LogP contribution in [0.15, 0.2) is 36.4 Å². The SMILES string of the molecule is COc1ccc(-c2cc(C(=O)N3CCCN(C)CC3)ccc2C(C)C)cc1OC. The van der Waals surface area contributed by atoms with Crippen molar-refractivity contribution in [3.63, 3.8) is 0 Å². The van der Waals surface area contributed by atoms with E-state index in [1.807, 2.05) is 35.2 Å². The molecule has 2 aromatic carbocycles. The average molecular weight is 397 g/mol. The van der Waals surface area contributed by atoms with Gasteiger partial charge in [-0.05, 0) is 66.9 Å². The Morgan fingerprint density at radius 3 is 2.38 bits per heavy atom. The minimum Gasteiger partial charge on any atom is -0.493 e. The number of carbonyl (C=O) groups excluding carboxylic acids is 1. The predicted octanol–water partition coefficient (Wildman–Crippen LogP) is 4.27. The molecular formula is C24H32N2O3. The fourth-order valence-corrected chi connectivity index (χ4v) is 3.88. The topological polar surface area (TPSA) is 42.0 Å². The number of methoxy groups -OCH3 is 2. The summed E-state index contributed by atoms with van der Waals surface area (Å²) < 4.78 is 10.9. The zero-order chi connectivity index (χ0) is 21.0. The van der Waals surface area contributed by atoms with Crippen LogP contribution in [0.4, 0.5) is 0 Å². The minimum absolute atomic E-state index is 0.109. The highest BCUT2D eigenvalue weighted by Crippen LogP contribution is 2.36. The smallest absolute Gasteiger partial charge is 0.253 e. The first-order valence-electron chi connectivity index (χ1n) is 10.3. The molecule has 1 saturated heterocycles. The van der Waals surface area contributed by atoms with Crippen LogP contribution in [0.3, 0.4) is 0 Å². The highest BCUT2D eigenvalue weighted by Gasteiger charge is 2.21. The van der Waals surface area contributed by atoms with Crippen molar-refractivity contribution in [1.82, 2.24) is 9.80 Å². The van der Waals surface area contributed by atoms with Crippen LogP contribution in [0.5, 0.6) is 11.5 Å². The lowest BCUT2D eigenvalue weighted by Gasteiger charge is -2.22. The molecular weight excluding hydrogens is 364 g/mol. The minimum atomic E-state index is 0.109. The molecule has 1 fully saturated rings. The summed E-state index contributed by atoms with van der Waals surface area (Å²) in [4.78, 5) is 17.5. The summed E-state index contributed by atoms with van der Waals surface area (Å²) in [5.74, 6) is 1.83.